The van der Waals surface area contributed by atoms with Gasteiger partial charge in [-0.3, -0.25) is 4.79 Å². The van der Waals surface area contributed by atoms with Gasteiger partial charge in [-0.05, 0) is 12.2 Å². The van der Waals surface area contributed by atoms with E-state index in [1.807, 2.05) is 17.8 Å². The third-order valence-electron chi connectivity index (χ3n) is 1.77. The van der Waals surface area contributed by atoms with E-state index in [0.29, 0.717) is 5.01 Å². The summed E-state index contributed by atoms with van der Waals surface area (Å²) in [5.41, 5.74) is 0.766. The fourth-order valence-corrected chi connectivity index (χ4v) is 1.65. The molecule has 0 unspecified atom stereocenters. The van der Waals surface area contributed by atoms with Crippen LogP contribution in [-0.4, -0.2) is 20.3 Å². The van der Waals surface area contributed by atoms with E-state index < -0.39 is 0 Å². The second kappa shape index (κ2) is 4.18. The first-order valence-electron chi connectivity index (χ1n) is 4.35. The number of aryl methyl sites for hydroxylation is 1. The van der Waals surface area contributed by atoms with Crippen LogP contribution >= 0.6 is 11.3 Å². The molecule has 2 rings (SSSR count). The smallest absolute Gasteiger partial charge is 0.214 e. The summed E-state index contributed by atoms with van der Waals surface area (Å²) in [6.45, 7) is 0. The molecule has 0 spiro atoms. The molecule has 0 saturated heterocycles. The Kier molecular flexibility index (Phi) is 2.73. The maximum Gasteiger partial charge on any atom is 0.214 e. The SMILES string of the molecule is Cn1cnc(/C=C/C(=O)c2nccs2)c1. The molecule has 0 fully saturated rings. The van der Waals surface area contributed by atoms with Gasteiger partial charge in [0.15, 0.2) is 5.01 Å². The van der Waals surface area contributed by atoms with Gasteiger partial charge in [0.25, 0.3) is 0 Å². The Bertz CT molecular complexity index is 485. The molecular weight excluding hydrogens is 210 g/mol. The van der Waals surface area contributed by atoms with E-state index in [0.717, 1.165) is 5.69 Å². The molecule has 0 saturated carbocycles. The van der Waals surface area contributed by atoms with Crippen molar-refractivity contribution in [3.05, 3.63) is 40.9 Å². The highest BCUT2D eigenvalue weighted by molar-refractivity contribution is 7.11. The minimum Gasteiger partial charge on any atom is -0.340 e. The number of carbonyl (C=O) groups is 1. The Balaban J connectivity index is 2.09. The van der Waals surface area contributed by atoms with Gasteiger partial charge in [-0.2, -0.15) is 0 Å². The second-order valence-electron chi connectivity index (χ2n) is 3.00. The van der Waals surface area contributed by atoms with Crippen molar-refractivity contribution in [3.8, 4) is 0 Å². The van der Waals surface area contributed by atoms with Gasteiger partial charge < -0.3 is 4.57 Å². The number of imidazole rings is 1. The van der Waals surface area contributed by atoms with Crippen LogP contribution in [0.1, 0.15) is 15.5 Å². The van der Waals surface area contributed by atoms with Gasteiger partial charge in [0.1, 0.15) is 0 Å². The quantitative estimate of drug-likeness (QED) is 0.584. The fraction of sp³-hybridized carbons (Fsp3) is 0.100. The number of aromatic nitrogens is 3. The van der Waals surface area contributed by atoms with Crippen LogP contribution in [0.3, 0.4) is 0 Å². The highest BCUT2D eigenvalue weighted by atomic mass is 32.1. The van der Waals surface area contributed by atoms with Crippen molar-refractivity contribution in [2.75, 3.05) is 0 Å². The molecule has 0 N–H and O–H groups in total. The molecule has 2 aromatic rings. The lowest BCUT2D eigenvalue weighted by Crippen LogP contribution is -1.91. The fourth-order valence-electron chi connectivity index (χ4n) is 1.10. The van der Waals surface area contributed by atoms with Gasteiger partial charge in [0, 0.05) is 24.8 Å². The summed E-state index contributed by atoms with van der Waals surface area (Å²) in [5, 5.41) is 2.28. The Hall–Kier alpha value is -1.75. The van der Waals surface area contributed by atoms with Gasteiger partial charge in [0.2, 0.25) is 5.78 Å². The average Bonchev–Trinajstić information content (AvgIpc) is 2.84. The molecular formula is C10H9N3OS. The lowest BCUT2D eigenvalue weighted by Gasteiger charge is -1.85. The number of carbonyl (C=O) groups excluding carboxylic acids is 1. The van der Waals surface area contributed by atoms with E-state index in [1.165, 1.54) is 17.4 Å². The van der Waals surface area contributed by atoms with Crippen LogP contribution in [0, 0.1) is 0 Å². The first kappa shape index (κ1) is 9.79. The summed E-state index contributed by atoms with van der Waals surface area (Å²) < 4.78 is 1.83. The van der Waals surface area contributed by atoms with Crippen LogP contribution in [0.25, 0.3) is 6.08 Å². The summed E-state index contributed by atoms with van der Waals surface area (Å²) >= 11 is 1.33. The van der Waals surface area contributed by atoms with Crippen LogP contribution < -0.4 is 0 Å². The molecule has 0 aliphatic heterocycles. The number of nitrogens with zero attached hydrogens (tertiary/aromatic N) is 3. The topological polar surface area (TPSA) is 47.8 Å². The zero-order valence-corrected chi connectivity index (χ0v) is 8.94. The molecule has 2 heterocycles. The van der Waals surface area contributed by atoms with Gasteiger partial charge >= 0.3 is 0 Å². The highest BCUT2D eigenvalue weighted by Gasteiger charge is 2.03. The van der Waals surface area contributed by atoms with Gasteiger partial charge in [-0.1, -0.05) is 0 Å². The van der Waals surface area contributed by atoms with Crippen molar-refractivity contribution >= 4 is 23.2 Å². The average molecular weight is 219 g/mol. The first-order valence-corrected chi connectivity index (χ1v) is 5.23. The molecule has 15 heavy (non-hydrogen) atoms. The van der Waals surface area contributed by atoms with Gasteiger partial charge in [0.05, 0.1) is 12.0 Å². The predicted octanol–water partition coefficient (Wildman–Crippen LogP) is 1.77. The molecule has 0 aliphatic rings. The summed E-state index contributed by atoms with van der Waals surface area (Å²) in [6.07, 6.45) is 8.32. The minimum absolute atomic E-state index is 0.0874. The second-order valence-corrected chi connectivity index (χ2v) is 3.89. The molecule has 0 bridgehead atoms. The van der Waals surface area contributed by atoms with Crippen LogP contribution in [0.15, 0.2) is 30.2 Å². The molecule has 0 radical (unpaired) electrons. The molecule has 0 amide bonds. The van der Waals surface area contributed by atoms with Crippen molar-refractivity contribution in [2.24, 2.45) is 7.05 Å². The number of hydrogen-bond donors (Lipinski definition) is 0. The van der Waals surface area contributed by atoms with Gasteiger partial charge in [-0.15, -0.1) is 11.3 Å². The molecule has 0 aliphatic carbocycles. The van der Waals surface area contributed by atoms with E-state index in [2.05, 4.69) is 9.97 Å². The molecule has 76 valence electrons. The summed E-state index contributed by atoms with van der Waals surface area (Å²) in [6, 6.07) is 0. The molecule has 0 atom stereocenters. The Morgan fingerprint density at radius 2 is 2.40 bits per heavy atom. The maximum atomic E-state index is 11.5. The molecule has 5 heteroatoms. The first-order chi connectivity index (χ1) is 7.25. The number of ketones is 1. The van der Waals surface area contributed by atoms with Crippen molar-refractivity contribution in [1.82, 2.24) is 14.5 Å². The zero-order chi connectivity index (χ0) is 10.7. The summed E-state index contributed by atoms with van der Waals surface area (Å²) in [7, 11) is 1.88. The van der Waals surface area contributed by atoms with E-state index in [4.69, 9.17) is 0 Å². The number of hydrogen-bond acceptors (Lipinski definition) is 4. The van der Waals surface area contributed by atoms with Crippen molar-refractivity contribution in [1.29, 1.82) is 0 Å². The van der Waals surface area contributed by atoms with Crippen LogP contribution in [0.2, 0.25) is 0 Å². The Labute approximate surface area is 90.9 Å². The minimum atomic E-state index is -0.0874. The van der Waals surface area contributed by atoms with Crippen molar-refractivity contribution in [3.63, 3.8) is 0 Å². The Morgan fingerprint density at radius 3 is 3.00 bits per heavy atom. The van der Waals surface area contributed by atoms with E-state index >= 15 is 0 Å². The summed E-state index contributed by atoms with van der Waals surface area (Å²) in [5.74, 6) is -0.0874. The third-order valence-corrected chi connectivity index (χ3v) is 2.56. The zero-order valence-electron chi connectivity index (χ0n) is 8.12. The highest BCUT2D eigenvalue weighted by Crippen LogP contribution is 2.06. The largest absolute Gasteiger partial charge is 0.340 e. The van der Waals surface area contributed by atoms with E-state index in [-0.39, 0.29) is 5.78 Å². The monoisotopic (exact) mass is 219 g/mol. The van der Waals surface area contributed by atoms with Crippen LogP contribution in [0.5, 0.6) is 0 Å². The normalized spacial score (nSPS) is 11.0. The van der Waals surface area contributed by atoms with E-state index in [9.17, 15) is 4.79 Å². The van der Waals surface area contributed by atoms with Crippen molar-refractivity contribution < 1.29 is 4.79 Å². The maximum absolute atomic E-state index is 11.5. The van der Waals surface area contributed by atoms with Gasteiger partial charge in [-0.25, -0.2) is 9.97 Å². The summed E-state index contributed by atoms with van der Waals surface area (Å²) in [4.78, 5) is 19.5. The predicted molar refractivity (Wildman–Crippen MR) is 58.7 cm³/mol. The van der Waals surface area contributed by atoms with Crippen LogP contribution in [0.4, 0.5) is 0 Å². The standard InChI is InChI=1S/C10H9N3OS/c1-13-6-8(12-7-13)2-3-9(14)10-11-4-5-15-10/h2-7H,1H3/b3-2+. The van der Waals surface area contributed by atoms with E-state index in [1.54, 1.807) is 24.0 Å². The third kappa shape index (κ3) is 2.38. The molecule has 0 aromatic carbocycles. The molecule has 2 aromatic heterocycles. The Morgan fingerprint density at radius 1 is 1.53 bits per heavy atom. The number of rotatable bonds is 3. The lowest BCUT2D eigenvalue weighted by atomic mass is 10.3. The molecule has 4 nitrogen and oxygen atoms in total. The van der Waals surface area contributed by atoms with Crippen molar-refractivity contribution in [2.45, 2.75) is 0 Å². The number of allylic oxidation sites excluding steroid dienone is 1. The van der Waals surface area contributed by atoms with Crippen LogP contribution in [-0.2, 0) is 7.05 Å². The number of thiazole rings is 1. The lowest BCUT2D eigenvalue weighted by molar-refractivity contribution is 0.104.